The number of aliphatic hydroxyl groups is 22. The van der Waals surface area contributed by atoms with Crippen molar-refractivity contribution in [3.63, 3.8) is 0 Å². The van der Waals surface area contributed by atoms with Crippen LogP contribution in [0.2, 0.25) is 0 Å². The number of carbonyl (C=O) groups excluding carboxylic acids is 3. The van der Waals surface area contributed by atoms with Gasteiger partial charge in [-0.1, -0.05) is 0 Å². The largest absolute Gasteiger partial charge is 0.477 e. The summed E-state index contributed by atoms with van der Waals surface area (Å²) in [5, 5.41) is 255. The Balaban J connectivity index is 1.30. The molecule has 42 heteroatoms. The van der Waals surface area contributed by atoms with Crippen LogP contribution >= 0.6 is 0 Å². The van der Waals surface area contributed by atoms with E-state index in [1.54, 1.807) is 0 Å². The second kappa shape index (κ2) is 34.3. The van der Waals surface area contributed by atoms with Gasteiger partial charge in [-0.2, -0.15) is 0 Å². The molecule has 0 aromatic heterocycles. The molecular formula is C51H87N3O39. The summed E-state index contributed by atoms with van der Waals surface area (Å²) in [4.78, 5) is 50.8. The lowest BCUT2D eigenvalue weighted by atomic mass is 9.88. The zero-order valence-corrected chi connectivity index (χ0v) is 49.8. The zero-order chi connectivity index (χ0) is 69.4. The molecular weight excluding hydrogens is 1280 g/mol. The van der Waals surface area contributed by atoms with E-state index in [4.69, 9.17) is 56.8 Å². The number of hydrogen-bond acceptors (Lipinski definition) is 38. The van der Waals surface area contributed by atoms with Crippen molar-refractivity contribution in [1.82, 2.24) is 16.0 Å². The number of hydrogen-bond donors (Lipinski definition) is 26. The topological polar surface area (TPSA) is 680 Å². The van der Waals surface area contributed by atoms with E-state index in [1.807, 2.05) is 0 Å². The molecule has 6 aliphatic heterocycles. The van der Waals surface area contributed by atoms with Crippen molar-refractivity contribution in [2.24, 2.45) is 0 Å². The number of aliphatic hydroxyl groups excluding tert-OH is 22. The third-order valence-corrected chi connectivity index (χ3v) is 16.3. The van der Waals surface area contributed by atoms with E-state index in [-0.39, 0.29) is 0 Å². The molecule has 3 amide bonds. The van der Waals surface area contributed by atoms with Crippen LogP contribution in [0, 0.1) is 0 Å². The Bertz CT molecular complexity index is 2360. The first-order chi connectivity index (χ1) is 43.8. The Morgan fingerprint density at radius 3 is 1.39 bits per heavy atom. The first-order valence-electron chi connectivity index (χ1n) is 29.2. The quantitative estimate of drug-likeness (QED) is 0.0331. The maximum absolute atomic E-state index is 13.1. The summed E-state index contributed by atoms with van der Waals surface area (Å²) in [5.74, 6) is -8.11. The van der Waals surface area contributed by atoms with Crippen LogP contribution in [-0.4, -0.2) is 408 Å². The molecule has 0 aromatic carbocycles. The first kappa shape index (κ1) is 78.5. The van der Waals surface area contributed by atoms with E-state index >= 15 is 0 Å². The molecule has 0 spiro atoms. The summed E-state index contributed by atoms with van der Waals surface area (Å²) in [6.07, 6.45) is -66.9. The van der Waals surface area contributed by atoms with Crippen molar-refractivity contribution >= 4 is 23.7 Å². The minimum absolute atomic E-state index is 0.856. The Morgan fingerprint density at radius 1 is 0.462 bits per heavy atom. The zero-order valence-electron chi connectivity index (χ0n) is 49.8. The SMILES string of the molecule is CC(=O)N[C@H]1[C@H](OC[C@H]2O[C@@H](O[C@@H]([C@H](O)[C@@H](O)CO)[C@H](O)CO)[C@H](O)[C@@H](O[C@@H]3O[C@H](CO)[C@@H](O[C@@H]4O[C@H](CO)[C@H](O)[C@H](O[C@]5(C(=O)O)C[C@H](O)[C@@H](NC(C)=O)[C@H]([C@H](O)[C@H](O)CO)O5)[C@H]4O)[C@H](O)[C@H]3NC(C)=O)[C@H]2O)O[C@H](CO)[C@@H](O[C@@H]2O[C@H](CO)[C@H](O)[C@H](O)[C@H]2O)[C@@H]1O. The lowest BCUT2D eigenvalue weighted by molar-refractivity contribution is -0.389. The van der Waals surface area contributed by atoms with E-state index in [0.29, 0.717) is 0 Å². The van der Waals surface area contributed by atoms with Gasteiger partial charge < -0.3 is 190 Å². The van der Waals surface area contributed by atoms with Crippen molar-refractivity contribution in [1.29, 1.82) is 0 Å². The lowest BCUT2D eigenvalue weighted by Crippen LogP contribution is -2.71. The molecule has 26 N–H and O–H groups in total. The Labute approximate surface area is 526 Å². The van der Waals surface area contributed by atoms with E-state index < -0.39 is 297 Å². The molecule has 93 heavy (non-hydrogen) atoms. The van der Waals surface area contributed by atoms with Crippen LogP contribution in [0.15, 0.2) is 0 Å². The minimum atomic E-state index is -3.26. The highest BCUT2D eigenvalue weighted by atomic mass is 16.8. The summed E-state index contributed by atoms with van der Waals surface area (Å²) in [6.45, 7) is -6.19. The van der Waals surface area contributed by atoms with Gasteiger partial charge in [0, 0.05) is 27.2 Å². The highest BCUT2D eigenvalue weighted by Gasteiger charge is 2.62. The molecule has 6 rings (SSSR count). The molecule has 0 radical (unpaired) electrons. The maximum atomic E-state index is 13.1. The van der Waals surface area contributed by atoms with E-state index in [9.17, 15) is 137 Å². The number of amides is 3. The fourth-order valence-electron chi connectivity index (χ4n) is 11.4. The predicted molar refractivity (Wildman–Crippen MR) is 286 cm³/mol. The normalized spacial score (nSPS) is 43.6. The Morgan fingerprint density at radius 2 is 0.892 bits per heavy atom. The van der Waals surface area contributed by atoms with Gasteiger partial charge in [0.15, 0.2) is 31.5 Å². The second-order valence-electron chi connectivity index (χ2n) is 23.0. The highest BCUT2D eigenvalue weighted by Crippen LogP contribution is 2.40. The van der Waals surface area contributed by atoms with Gasteiger partial charge in [-0.25, -0.2) is 4.79 Å². The average Bonchev–Trinajstić information content (AvgIpc) is 0.765. The van der Waals surface area contributed by atoms with Gasteiger partial charge in [-0.05, 0) is 0 Å². The van der Waals surface area contributed by atoms with Crippen LogP contribution in [0.4, 0.5) is 0 Å². The molecule has 0 aliphatic carbocycles. The van der Waals surface area contributed by atoms with Gasteiger partial charge in [0.1, 0.15) is 165 Å². The smallest absolute Gasteiger partial charge is 0.364 e. The number of carboxylic acids is 1. The van der Waals surface area contributed by atoms with Crippen LogP contribution in [0.1, 0.15) is 27.2 Å². The molecule has 6 aliphatic rings. The van der Waals surface area contributed by atoms with Crippen molar-refractivity contribution < 1.29 is 193 Å². The molecule has 0 aromatic rings. The lowest BCUT2D eigenvalue weighted by Gasteiger charge is -2.51. The fraction of sp³-hybridized carbons (Fsp3) is 0.922. The maximum Gasteiger partial charge on any atom is 0.364 e. The number of aliphatic carboxylic acids is 1. The van der Waals surface area contributed by atoms with Crippen LogP contribution in [-0.2, 0) is 76.0 Å². The van der Waals surface area contributed by atoms with E-state index in [1.165, 1.54) is 0 Å². The van der Waals surface area contributed by atoms with Crippen LogP contribution in [0.25, 0.3) is 0 Å². The van der Waals surface area contributed by atoms with Gasteiger partial charge in [0.25, 0.3) is 5.79 Å². The molecule has 0 saturated carbocycles. The van der Waals surface area contributed by atoms with Gasteiger partial charge in [-0.15, -0.1) is 0 Å². The molecule has 6 saturated heterocycles. The van der Waals surface area contributed by atoms with Crippen LogP contribution < -0.4 is 16.0 Å². The number of carbonyl (C=O) groups is 4. The van der Waals surface area contributed by atoms with E-state index in [2.05, 4.69) is 16.0 Å². The minimum Gasteiger partial charge on any atom is -0.477 e. The number of rotatable bonds is 29. The number of ether oxygens (including phenoxy) is 12. The van der Waals surface area contributed by atoms with Crippen molar-refractivity contribution in [3.8, 4) is 0 Å². The third kappa shape index (κ3) is 17.9. The summed E-state index contributed by atoms with van der Waals surface area (Å²) in [7, 11) is 0. The molecule has 0 bridgehead atoms. The van der Waals surface area contributed by atoms with Crippen LogP contribution in [0.3, 0.4) is 0 Å². The van der Waals surface area contributed by atoms with E-state index in [0.717, 1.165) is 20.8 Å². The van der Waals surface area contributed by atoms with Crippen molar-refractivity contribution in [2.75, 3.05) is 52.9 Å². The van der Waals surface area contributed by atoms with Gasteiger partial charge in [0.05, 0.1) is 65.0 Å². The number of carboxylic acid groups (broad SMARTS) is 1. The van der Waals surface area contributed by atoms with Gasteiger partial charge in [-0.3, -0.25) is 14.4 Å². The van der Waals surface area contributed by atoms with Crippen molar-refractivity contribution in [2.45, 2.75) is 241 Å². The highest BCUT2D eigenvalue weighted by molar-refractivity contribution is 5.77. The standard InChI is InChI=1S/C51H87N3O39/c1-13(62)52-25-16(65)4-51(50(80)81,92-42(25)29(70)18(67)6-56)93-44-31(72)21(9-59)84-49(38(44)79)90-41-23(11-61)86-46(27(34(41)75)54-15(3)64)91-43-32(73)24(87-48(37(43)78)88-39(19(68)7-57)28(69)17(66)5-55)12-82-45-26(53-14(2)63)33(74)40(22(10-60)85-45)89-47-36(77)35(76)30(71)20(8-58)83-47/h16-49,55-61,65-79H,4-12H2,1-3H3,(H,52,62)(H,53,63)(H,54,64)(H,80,81)/t16-,17-,18+,19+,20+,21+,22+,23+,24+,25+,26+,27+,28+,29+,30-,31-,32-,33+,34+,35-,36+,37+,38+,39+,40+,41+,42+,43-,44-,45+,46-,47-,48-,49-,51-/m0/s1. The second-order valence-corrected chi connectivity index (χ2v) is 23.0. The van der Waals surface area contributed by atoms with Crippen LogP contribution in [0.5, 0.6) is 0 Å². The average molecular weight is 1370 g/mol. The van der Waals surface area contributed by atoms with Gasteiger partial charge in [0.2, 0.25) is 17.7 Å². The Hall–Kier alpha value is -3.48. The fourth-order valence-corrected chi connectivity index (χ4v) is 11.4. The summed E-state index contributed by atoms with van der Waals surface area (Å²) in [6, 6.07) is -5.51. The molecule has 0 unspecified atom stereocenters. The monoisotopic (exact) mass is 1370 g/mol. The molecule has 42 nitrogen and oxygen atoms in total. The van der Waals surface area contributed by atoms with Crippen molar-refractivity contribution in [3.05, 3.63) is 0 Å². The molecule has 6 heterocycles. The summed E-state index contributed by atoms with van der Waals surface area (Å²) in [5.41, 5.74) is 0. The summed E-state index contributed by atoms with van der Waals surface area (Å²) >= 11 is 0. The molecule has 6 fully saturated rings. The Kier molecular flexibility index (Phi) is 29.0. The summed E-state index contributed by atoms with van der Waals surface area (Å²) < 4.78 is 69.3. The molecule has 35 atom stereocenters. The van der Waals surface area contributed by atoms with Gasteiger partial charge >= 0.3 is 5.97 Å². The first-order valence-corrected chi connectivity index (χ1v) is 29.2. The third-order valence-electron chi connectivity index (χ3n) is 16.3. The number of nitrogens with one attached hydrogen (secondary N) is 3. The molecule has 540 valence electrons. The predicted octanol–water partition coefficient (Wildman–Crippen LogP) is -17.0.